The average Bonchev–Trinajstić information content (AvgIpc) is 2.84. The van der Waals surface area contributed by atoms with Crippen molar-refractivity contribution in [3.8, 4) is 11.3 Å². The maximum absolute atomic E-state index is 13.4. The average molecular weight is 503 g/mol. The molecule has 1 fully saturated rings. The summed E-state index contributed by atoms with van der Waals surface area (Å²) in [6.07, 6.45) is 0.181. The molecule has 0 spiro atoms. The van der Waals surface area contributed by atoms with E-state index >= 15 is 0 Å². The summed E-state index contributed by atoms with van der Waals surface area (Å²) in [7, 11) is 0. The van der Waals surface area contributed by atoms with Crippen molar-refractivity contribution in [2.75, 3.05) is 0 Å². The minimum Gasteiger partial charge on any atom is -0.462 e. The topological polar surface area (TPSA) is 51.5 Å². The van der Waals surface area contributed by atoms with Crippen LogP contribution in [0.1, 0.15) is 44.7 Å². The molecule has 1 aliphatic rings. The molecular formula is C20H22Br2FNO3. The third-order valence-corrected chi connectivity index (χ3v) is 6.87. The van der Waals surface area contributed by atoms with Gasteiger partial charge in [0.15, 0.2) is 0 Å². The third kappa shape index (κ3) is 4.46. The molecule has 7 heteroatoms. The normalized spacial score (nSPS) is 20.2. The van der Waals surface area contributed by atoms with Gasteiger partial charge in [-0.05, 0) is 67.6 Å². The number of nitrogens with zero attached hydrogens (tertiary/aromatic N) is 1. The Balaban J connectivity index is 1.95. The molecule has 0 radical (unpaired) electrons. The molecule has 4 nitrogen and oxygen atoms in total. The molecule has 0 bridgehead atoms. The molecule has 1 aromatic heterocycles. The van der Waals surface area contributed by atoms with E-state index in [1.807, 2.05) is 0 Å². The van der Waals surface area contributed by atoms with Crippen LogP contribution in [0.25, 0.3) is 11.3 Å². The van der Waals surface area contributed by atoms with Crippen molar-refractivity contribution in [3.63, 3.8) is 0 Å². The number of esters is 1. The summed E-state index contributed by atoms with van der Waals surface area (Å²) in [5, 5.41) is 9.84. The number of cyclic esters (lactones) is 1. The number of benzene rings is 1. The van der Waals surface area contributed by atoms with Crippen LogP contribution in [0.4, 0.5) is 4.39 Å². The van der Waals surface area contributed by atoms with Crippen LogP contribution in [0.15, 0.2) is 33.2 Å². The Labute approximate surface area is 175 Å². The molecule has 2 atom stereocenters. The molecule has 146 valence electrons. The van der Waals surface area contributed by atoms with Crippen LogP contribution in [0.5, 0.6) is 0 Å². The highest BCUT2D eigenvalue weighted by atomic mass is 79.9. The Bertz CT molecular complexity index is 833. The molecule has 27 heavy (non-hydrogen) atoms. The van der Waals surface area contributed by atoms with Crippen LogP contribution in [0.2, 0.25) is 0 Å². The Morgan fingerprint density at radius 2 is 1.93 bits per heavy atom. The van der Waals surface area contributed by atoms with E-state index in [1.54, 1.807) is 12.1 Å². The van der Waals surface area contributed by atoms with E-state index in [4.69, 9.17) is 4.74 Å². The second-order valence-corrected chi connectivity index (χ2v) is 8.76. The number of aliphatic hydroxyl groups is 1. The van der Waals surface area contributed by atoms with E-state index in [2.05, 4.69) is 50.3 Å². The van der Waals surface area contributed by atoms with Crippen LogP contribution in [-0.4, -0.2) is 27.9 Å². The SMILES string of the molecule is CC(C)c1c(Br)c(Br)c(-c2ccc(F)cc2)n1CCC1CC(O)CC(=O)O1. The second-order valence-electron chi connectivity index (χ2n) is 7.17. The summed E-state index contributed by atoms with van der Waals surface area (Å²) < 4.78 is 22.8. The highest BCUT2D eigenvalue weighted by molar-refractivity contribution is 9.13. The van der Waals surface area contributed by atoms with Gasteiger partial charge in [-0.15, -0.1) is 0 Å². The molecule has 1 aliphatic heterocycles. The van der Waals surface area contributed by atoms with Crippen molar-refractivity contribution in [1.82, 2.24) is 4.57 Å². The summed E-state index contributed by atoms with van der Waals surface area (Å²) in [6, 6.07) is 6.41. The summed E-state index contributed by atoms with van der Waals surface area (Å²) in [5.74, 6) is -0.375. The zero-order chi connectivity index (χ0) is 19.7. The summed E-state index contributed by atoms with van der Waals surface area (Å²) >= 11 is 7.36. The molecule has 1 N–H and O–H groups in total. The molecule has 3 rings (SSSR count). The quantitative estimate of drug-likeness (QED) is 0.557. The minimum absolute atomic E-state index is 0.0647. The fourth-order valence-electron chi connectivity index (χ4n) is 3.57. The Morgan fingerprint density at radius 3 is 2.52 bits per heavy atom. The van der Waals surface area contributed by atoms with E-state index < -0.39 is 6.10 Å². The van der Waals surface area contributed by atoms with E-state index in [-0.39, 0.29) is 30.2 Å². The number of rotatable bonds is 5. The number of aromatic nitrogens is 1. The summed E-state index contributed by atoms with van der Waals surface area (Å²) in [4.78, 5) is 11.6. The number of carbonyl (C=O) groups is 1. The van der Waals surface area contributed by atoms with Gasteiger partial charge >= 0.3 is 5.97 Å². The van der Waals surface area contributed by atoms with Gasteiger partial charge in [0.2, 0.25) is 0 Å². The van der Waals surface area contributed by atoms with Crippen LogP contribution < -0.4 is 0 Å². The van der Waals surface area contributed by atoms with Crippen LogP contribution in [0.3, 0.4) is 0 Å². The standard InChI is InChI=1S/C20H22Br2FNO3/c1-11(2)19-17(21)18(22)20(12-3-5-13(23)6-4-12)24(19)8-7-15-9-14(25)10-16(26)27-15/h3-6,11,14-15,25H,7-10H2,1-2H3. The largest absolute Gasteiger partial charge is 0.462 e. The van der Waals surface area contributed by atoms with Gasteiger partial charge in [0.1, 0.15) is 11.9 Å². The van der Waals surface area contributed by atoms with Gasteiger partial charge in [-0.25, -0.2) is 4.39 Å². The molecule has 0 aliphatic carbocycles. The Kier molecular flexibility index (Phi) is 6.43. The number of carbonyl (C=O) groups excluding carboxylic acids is 1. The number of ether oxygens (including phenoxy) is 1. The minimum atomic E-state index is -0.638. The van der Waals surface area contributed by atoms with Crippen LogP contribution in [0, 0.1) is 5.82 Å². The maximum atomic E-state index is 13.4. The van der Waals surface area contributed by atoms with Gasteiger partial charge in [-0.1, -0.05) is 13.8 Å². The van der Waals surface area contributed by atoms with Crippen molar-refractivity contribution in [3.05, 3.63) is 44.7 Å². The van der Waals surface area contributed by atoms with Crippen LogP contribution >= 0.6 is 31.9 Å². The monoisotopic (exact) mass is 501 g/mol. The number of hydrogen-bond donors (Lipinski definition) is 1. The zero-order valence-electron chi connectivity index (χ0n) is 15.2. The molecule has 0 amide bonds. The fourth-order valence-corrected chi connectivity index (χ4v) is 5.08. The van der Waals surface area contributed by atoms with Crippen molar-refractivity contribution in [1.29, 1.82) is 0 Å². The summed E-state index contributed by atoms with van der Waals surface area (Å²) in [6.45, 7) is 4.85. The fraction of sp³-hybridized carbons (Fsp3) is 0.450. The maximum Gasteiger partial charge on any atom is 0.308 e. The van der Waals surface area contributed by atoms with Gasteiger partial charge in [0.25, 0.3) is 0 Å². The lowest BCUT2D eigenvalue weighted by Crippen LogP contribution is -2.33. The van der Waals surface area contributed by atoms with Gasteiger partial charge in [0.05, 0.1) is 27.2 Å². The van der Waals surface area contributed by atoms with E-state index in [9.17, 15) is 14.3 Å². The second kappa shape index (κ2) is 8.45. The predicted octanol–water partition coefficient (Wildman–Crippen LogP) is 5.40. The lowest BCUT2D eigenvalue weighted by atomic mass is 10.0. The first-order chi connectivity index (χ1) is 12.8. The highest BCUT2D eigenvalue weighted by Gasteiger charge is 2.28. The van der Waals surface area contributed by atoms with Gasteiger partial charge in [-0.3, -0.25) is 4.79 Å². The predicted molar refractivity (Wildman–Crippen MR) is 109 cm³/mol. The van der Waals surface area contributed by atoms with E-state index in [0.29, 0.717) is 19.4 Å². The lowest BCUT2D eigenvalue weighted by Gasteiger charge is -2.27. The molecule has 0 saturated carbocycles. The van der Waals surface area contributed by atoms with Gasteiger partial charge < -0.3 is 14.4 Å². The number of halogens is 3. The first-order valence-electron chi connectivity index (χ1n) is 8.98. The van der Waals surface area contributed by atoms with Crippen molar-refractivity contribution in [2.45, 2.75) is 57.8 Å². The Morgan fingerprint density at radius 1 is 1.26 bits per heavy atom. The van der Waals surface area contributed by atoms with Crippen molar-refractivity contribution >= 4 is 37.8 Å². The number of aliphatic hydroxyl groups excluding tert-OH is 1. The van der Waals surface area contributed by atoms with Gasteiger partial charge in [0, 0.05) is 25.1 Å². The van der Waals surface area contributed by atoms with E-state index in [1.165, 1.54) is 12.1 Å². The molecule has 1 aromatic carbocycles. The van der Waals surface area contributed by atoms with Crippen molar-refractivity contribution < 1.29 is 19.0 Å². The first-order valence-corrected chi connectivity index (χ1v) is 10.6. The highest BCUT2D eigenvalue weighted by Crippen LogP contribution is 2.42. The molecule has 2 unspecified atom stereocenters. The molecular weight excluding hydrogens is 481 g/mol. The smallest absolute Gasteiger partial charge is 0.308 e. The Hall–Kier alpha value is -1.18. The van der Waals surface area contributed by atoms with Crippen molar-refractivity contribution in [2.24, 2.45) is 0 Å². The number of hydrogen-bond acceptors (Lipinski definition) is 3. The first kappa shape index (κ1) is 20.6. The van der Waals surface area contributed by atoms with Crippen LogP contribution in [-0.2, 0) is 16.1 Å². The summed E-state index contributed by atoms with van der Waals surface area (Å²) in [5.41, 5.74) is 2.97. The zero-order valence-corrected chi connectivity index (χ0v) is 18.4. The third-order valence-electron chi connectivity index (χ3n) is 4.76. The molecule has 2 aromatic rings. The van der Waals surface area contributed by atoms with E-state index in [0.717, 1.165) is 25.9 Å². The van der Waals surface area contributed by atoms with Gasteiger partial charge in [-0.2, -0.15) is 0 Å². The lowest BCUT2D eigenvalue weighted by molar-refractivity contribution is -0.160. The molecule has 1 saturated heterocycles. The molecule has 2 heterocycles.